The van der Waals surface area contributed by atoms with Crippen LogP contribution < -0.4 is 0 Å². The van der Waals surface area contributed by atoms with Gasteiger partial charge in [-0.2, -0.15) is 57.1 Å². The maximum absolute atomic E-state index is 14.4. The molecule has 0 saturated heterocycles. The van der Waals surface area contributed by atoms with Crippen LogP contribution in [0.5, 0.6) is 0 Å². The lowest BCUT2D eigenvalue weighted by molar-refractivity contribution is -0.440. The smallest absolute Gasteiger partial charge is 0.200 e. The molecule has 0 aliphatic heterocycles. The Kier molecular flexibility index (Phi) is 6.81. The Morgan fingerprint density at radius 3 is 1.12 bits per heavy atom. The molecule has 0 bridgehead atoms. The van der Waals surface area contributed by atoms with Crippen LogP contribution >= 0.6 is 0 Å². The molecule has 0 radical (unpaired) electrons. The molecule has 0 fully saturated rings. The van der Waals surface area contributed by atoms with Gasteiger partial charge in [0, 0.05) is 12.3 Å². The molecule has 0 unspecified atom stereocenters. The molecule has 0 aliphatic carbocycles. The molecule has 2 rings (SSSR count). The zero-order valence-corrected chi connectivity index (χ0v) is 16.0. The van der Waals surface area contributed by atoms with E-state index in [4.69, 9.17) is 0 Å². The number of rotatable bonds is 8. The van der Waals surface area contributed by atoms with E-state index < -0.39 is 48.1 Å². The lowest BCUT2D eigenvalue weighted by Crippen LogP contribution is -2.70. The molecule has 0 atom stereocenters. The van der Waals surface area contributed by atoms with E-state index in [9.17, 15) is 57.1 Å². The Hall–Kier alpha value is -2.47. The first-order valence-corrected chi connectivity index (χ1v) is 8.87. The minimum Gasteiger partial charge on any atom is -0.200 e. The van der Waals surface area contributed by atoms with Crippen LogP contribution in [0, 0.1) is 0 Å². The van der Waals surface area contributed by atoms with Crippen LogP contribution in [0.1, 0.15) is 23.5 Å². The zero-order valence-electron chi connectivity index (χ0n) is 16.0. The second-order valence-corrected chi connectivity index (χ2v) is 7.08. The summed E-state index contributed by atoms with van der Waals surface area (Å²) in [6.45, 7) is 0. The van der Waals surface area contributed by atoms with Gasteiger partial charge in [-0.25, -0.2) is 0 Å². The monoisotopic (exact) mass is 500 g/mol. The summed E-state index contributed by atoms with van der Waals surface area (Å²) in [5.41, 5.74) is -0.315. The lowest BCUT2D eigenvalue weighted by atomic mass is 9.82. The van der Waals surface area contributed by atoms with Crippen molar-refractivity contribution in [3.63, 3.8) is 0 Å². The molecule has 0 aliphatic rings. The van der Waals surface area contributed by atoms with Crippen LogP contribution in [0.2, 0.25) is 0 Å². The maximum Gasteiger partial charge on any atom is 0.460 e. The van der Waals surface area contributed by atoms with E-state index in [1.54, 1.807) is 0 Å². The number of hydrogen-bond acceptors (Lipinski definition) is 0. The Morgan fingerprint density at radius 1 is 0.455 bits per heavy atom. The molecule has 33 heavy (non-hydrogen) atoms. The van der Waals surface area contributed by atoms with Gasteiger partial charge in [-0.05, 0) is 11.1 Å². The maximum atomic E-state index is 14.4. The molecular weight excluding hydrogens is 487 g/mol. The van der Waals surface area contributed by atoms with Crippen LogP contribution in [-0.2, 0) is 0 Å². The van der Waals surface area contributed by atoms with E-state index in [1.807, 2.05) is 0 Å². The Bertz CT molecular complexity index is 878. The molecule has 0 heterocycles. The van der Waals surface area contributed by atoms with Gasteiger partial charge in [0.15, 0.2) is 0 Å². The molecule has 0 aromatic heterocycles. The second kappa shape index (κ2) is 8.39. The van der Waals surface area contributed by atoms with E-state index in [1.165, 1.54) is 36.4 Å². The van der Waals surface area contributed by atoms with Crippen LogP contribution in [0.15, 0.2) is 60.7 Å². The first-order chi connectivity index (χ1) is 14.8. The molecule has 2 aromatic carbocycles. The summed E-state index contributed by atoms with van der Waals surface area (Å²) in [5.74, 6) is -38.7. The van der Waals surface area contributed by atoms with Crippen molar-refractivity contribution in [2.45, 2.75) is 48.1 Å². The fourth-order valence-electron chi connectivity index (χ4n) is 2.99. The first kappa shape index (κ1) is 26.8. The minimum absolute atomic E-state index is 0.158. The highest BCUT2D eigenvalue weighted by atomic mass is 19.4. The van der Waals surface area contributed by atoms with Crippen molar-refractivity contribution in [2.24, 2.45) is 0 Å². The predicted molar refractivity (Wildman–Crippen MR) is 90.1 cm³/mol. The van der Waals surface area contributed by atoms with Crippen LogP contribution in [0.25, 0.3) is 0 Å². The van der Waals surface area contributed by atoms with Crippen LogP contribution in [0.3, 0.4) is 0 Å². The zero-order chi connectivity index (χ0) is 25.5. The van der Waals surface area contributed by atoms with Gasteiger partial charge < -0.3 is 0 Å². The molecule has 13 heteroatoms. The summed E-state index contributed by atoms with van der Waals surface area (Å²) in [5, 5.41) is 0. The average molecular weight is 500 g/mol. The van der Waals surface area contributed by atoms with E-state index >= 15 is 0 Å². The summed E-state index contributed by atoms with van der Waals surface area (Å²) in [7, 11) is 0. The molecule has 0 saturated carbocycles. The highest BCUT2D eigenvalue weighted by Gasteiger charge is 2.90. The van der Waals surface area contributed by atoms with E-state index in [0.717, 1.165) is 24.3 Å². The van der Waals surface area contributed by atoms with Crippen molar-refractivity contribution in [1.29, 1.82) is 0 Å². The molecule has 184 valence electrons. The SMILES string of the molecule is FC(F)(F)C(F)(F)C(F)(F)C(F)(F)C(F)(F)C(F)(F)CC(c1ccccc1)c1ccccc1. The highest BCUT2D eigenvalue weighted by Crippen LogP contribution is 2.61. The normalized spacial score (nSPS) is 14.6. The topological polar surface area (TPSA) is 0 Å². The van der Waals surface area contributed by atoms with Crippen molar-refractivity contribution in [3.8, 4) is 0 Å². The number of halogens is 13. The Morgan fingerprint density at radius 2 is 0.788 bits per heavy atom. The van der Waals surface area contributed by atoms with Crippen molar-refractivity contribution < 1.29 is 57.1 Å². The first-order valence-electron chi connectivity index (χ1n) is 8.87. The molecular formula is C20H13F13. The predicted octanol–water partition coefficient (Wildman–Crippen LogP) is 7.95. The highest BCUT2D eigenvalue weighted by molar-refractivity contribution is 5.33. The largest absolute Gasteiger partial charge is 0.460 e. The average Bonchev–Trinajstić information content (AvgIpc) is 2.72. The van der Waals surface area contributed by atoms with Crippen molar-refractivity contribution in [1.82, 2.24) is 0 Å². The van der Waals surface area contributed by atoms with Crippen molar-refractivity contribution in [2.75, 3.05) is 0 Å². The third kappa shape index (κ3) is 4.37. The summed E-state index contributed by atoms with van der Waals surface area (Å²) in [4.78, 5) is 0. The fourth-order valence-corrected chi connectivity index (χ4v) is 2.99. The van der Waals surface area contributed by atoms with Gasteiger partial charge in [-0.3, -0.25) is 0 Å². The van der Waals surface area contributed by atoms with Gasteiger partial charge in [0.05, 0.1) is 0 Å². The van der Waals surface area contributed by atoms with Gasteiger partial charge in [-0.1, -0.05) is 60.7 Å². The summed E-state index contributed by atoms with van der Waals surface area (Å²) >= 11 is 0. The minimum atomic E-state index is -7.90. The van der Waals surface area contributed by atoms with Gasteiger partial charge in [0.25, 0.3) is 0 Å². The number of benzene rings is 2. The van der Waals surface area contributed by atoms with Gasteiger partial charge in [0.2, 0.25) is 0 Å². The quantitative estimate of drug-likeness (QED) is 0.323. The lowest BCUT2D eigenvalue weighted by Gasteiger charge is -2.40. The number of alkyl halides is 13. The Labute approximate surface area is 178 Å². The van der Waals surface area contributed by atoms with Crippen LogP contribution in [-0.4, -0.2) is 35.8 Å². The molecule has 0 nitrogen and oxygen atoms in total. The molecule has 2 aromatic rings. The summed E-state index contributed by atoms with van der Waals surface area (Å²) in [6, 6.07) is 12.3. The van der Waals surface area contributed by atoms with Gasteiger partial charge in [0.1, 0.15) is 0 Å². The van der Waals surface area contributed by atoms with Crippen molar-refractivity contribution >= 4 is 0 Å². The molecule has 0 N–H and O–H groups in total. The van der Waals surface area contributed by atoms with E-state index in [-0.39, 0.29) is 11.1 Å². The summed E-state index contributed by atoms with van der Waals surface area (Å²) in [6.07, 6.45) is -9.74. The van der Waals surface area contributed by atoms with Crippen molar-refractivity contribution in [3.05, 3.63) is 71.8 Å². The van der Waals surface area contributed by atoms with Gasteiger partial charge in [-0.15, -0.1) is 0 Å². The Balaban J connectivity index is 2.55. The third-order valence-corrected chi connectivity index (χ3v) is 4.86. The number of hydrogen-bond donors (Lipinski definition) is 0. The summed E-state index contributed by atoms with van der Waals surface area (Å²) < 4.78 is 174. The van der Waals surface area contributed by atoms with E-state index in [2.05, 4.69) is 0 Å². The van der Waals surface area contributed by atoms with Gasteiger partial charge >= 0.3 is 35.8 Å². The molecule has 0 spiro atoms. The fraction of sp³-hybridized carbons (Fsp3) is 0.400. The standard InChI is InChI=1S/C20H13F13/c21-15(22,11-14(12-7-3-1-4-8-12)13-9-5-2-6-10-13)16(23,24)17(25,26)18(27,28)19(29,30)20(31,32)33/h1-10,14H,11H2. The van der Waals surface area contributed by atoms with Crippen LogP contribution in [0.4, 0.5) is 57.1 Å². The van der Waals surface area contributed by atoms with E-state index in [0.29, 0.717) is 0 Å². The second-order valence-electron chi connectivity index (χ2n) is 7.08. The molecule has 0 amide bonds. The third-order valence-electron chi connectivity index (χ3n) is 4.86.